The minimum absolute atomic E-state index is 0.189. The van der Waals surface area contributed by atoms with Crippen molar-refractivity contribution in [1.82, 2.24) is 0 Å². The van der Waals surface area contributed by atoms with Gasteiger partial charge in [-0.25, -0.2) is 4.79 Å². The molecule has 0 aliphatic rings. The van der Waals surface area contributed by atoms with Gasteiger partial charge in [-0.2, -0.15) is 0 Å². The van der Waals surface area contributed by atoms with Crippen molar-refractivity contribution in [3.63, 3.8) is 0 Å². The van der Waals surface area contributed by atoms with Crippen molar-refractivity contribution in [3.8, 4) is 11.1 Å². The number of aliphatic carboxylic acids is 1. The summed E-state index contributed by atoms with van der Waals surface area (Å²) in [5.41, 5.74) is 3.17. The van der Waals surface area contributed by atoms with E-state index in [1.807, 2.05) is 37.3 Å². The van der Waals surface area contributed by atoms with Gasteiger partial charge in [0.05, 0.1) is 0 Å². The molecule has 20 heavy (non-hydrogen) atoms. The number of rotatable bonds is 4. The first-order valence-corrected chi connectivity index (χ1v) is 7.00. The van der Waals surface area contributed by atoms with Gasteiger partial charge in [0.15, 0.2) is 0 Å². The molecule has 0 aliphatic heterocycles. The van der Waals surface area contributed by atoms with Crippen molar-refractivity contribution in [2.45, 2.75) is 13.3 Å². The monoisotopic (exact) mass is 332 g/mol. The molecule has 0 unspecified atom stereocenters. The van der Waals surface area contributed by atoms with Crippen LogP contribution in [0.1, 0.15) is 22.8 Å². The van der Waals surface area contributed by atoms with Crippen LogP contribution in [-0.4, -0.2) is 16.9 Å². The van der Waals surface area contributed by atoms with Crippen LogP contribution in [0, 0.1) is 0 Å². The van der Waals surface area contributed by atoms with Gasteiger partial charge in [0.1, 0.15) is 0 Å². The third kappa shape index (κ3) is 2.65. The van der Waals surface area contributed by atoms with Crippen LogP contribution in [0.5, 0.6) is 0 Å². The molecule has 0 amide bonds. The highest BCUT2D eigenvalue weighted by Gasteiger charge is 2.21. The fraction of sp³-hybridized carbons (Fsp3) is 0.125. The summed E-state index contributed by atoms with van der Waals surface area (Å²) in [6.45, 7) is 1.97. The first-order chi connectivity index (χ1) is 9.56. The molecule has 2 rings (SSSR count). The van der Waals surface area contributed by atoms with Crippen molar-refractivity contribution >= 4 is 27.7 Å². The summed E-state index contributed by atoms with van der Waals surface area (Å²) in [5, 5.41) is 8.84. The predicted molar refractivity (Wildman–Crippen MR) is 80.9 cm³/mol. The number of carboxylic acid groups (broad SMARTS) is 1. The summed E-state index contributed by atoms with van der Waals surface area (Å²) in [7, 11) is 0. The van der Waals surface area contributed by atoms with Crippen LogP contribution in [0.25, 0.3) is 11.1 Å². The summed E-state index contributed by atoms with van der Waals surface area (Å²) in [6.07, 6.45) is 0.700. The van der Waals surface area contributed by atoms with E-state index in [1.165, 1.54) is 0 Å². The standard InChI is InChI=1S/C16H13BrO3/c1-2-11-12(10-6-4-3-5-7-10)8-9-13(14(11)17)15(18)16(19)20/h3-9H,2H2,1H3,(H,19,20). The van der Waals surface area contributed by atoms with Gasteiger partial charge in [0.25, 0.3) is 5.78 Å². The Balaban J connectivity index is 2.61. The summed E-state index contributed by atoms with van der Waals surface area (Å²) in [4.78, 5) is 22.5. The van der Waals surface area contributed by atoms with E-state index in [2.05, 4.69) is 15.9 Å². The van der Waals surface area contributed by atoms with E-state index in [0.717, 1.165) is 16.7 Å². The van der Waals surface area contributed by atoms with Gasteiger partial charge in [0, 0.05) is 10.0 Å². The number of benzene rings is 2. The Morgan fingerprint density at radius 2 is 1.75 bits per heavy atom. The Hall–Kier alpha value is -1.94. The molecule has 2 aromatic carbocycles. The normalized spacial score (nSPS) is 10.3. The molecule has 4 heteroatoms. The molecule has 0 radical (unpaired) electrons. The van der Waals surface area contributed by atoms with Crippen molar-refractivity contribution in [3.05, 3.63) is 58.1 Å². The molecule has 0 aliphatic carbocycles. The fourth-order valence-electron chi connectivity index (χ4n) is 2.15. The lowest BCUT2D eigenvalue weighted by atomic mass is 9.95. The first-order valence-electron chi connectivity index (χ1n) is 6.20. The summed E-state index contributed by atoms with van der Waals surface area (Å²) in [5.74, 6) is -2.34. The SMILES string of the molecule is CCc1c(-c2ccccc2)ccc(C(=O)C(=O)O)c1Br. The topological polar surface area (TPSA) is 54.4 Å². The molecule has 0 spiro atoms. The van der Waals surface area contributed by atoms with E-state index >= 15 is 0 Å². The van der Waals surface area contributed by atoms with Crippen LogP contribution >= 0.6 is 15.9 Å². The molecular weight excluding hydrogens is 320 g/mol. The maximum Gasteiger partial charge on any atom is 0.377 e. The number of carbonyl (C=O) groups excluding carboxylic acids is 1. The molecule has 0 fully saturated rings. The van der Waals surface area contributed by atoms with Gasteiger partial charge >= 0.3 is 5.97 Å². The highest BCUT2D eigenvalue weighted by Crippen LogP contribution is 2.32. The van der Waals surface area contributed by atoms with Crippen LogP contribution in [-0.2, 0) is 11.2 Å². The lowest BCUT2D eigenvalue weighted by Crippen LogP contribution is -2.14. The third-order valence-corrected chi connectivity index (χ3v) is 4.03. The number of Topliss-reactive ketones (excluding diaryl/α,β-unsaturated/α-hetero) is 1. The quantitative estimate of drug-likeness (QED) is 0.681. The molecular formula is C16H13BrO3. The van der Waals surface area contributed by atoms with E-state index in [-0.39, 0.29) is 5.56 Å². The predicted octanol–water partition coefficient (Wildman–Crippen LogP) is 3.95. The maximum atomic E-state index is 11.7. The lowest BCUT2D eigenvalue weighted by molar-refractivity contribution is -0.131. The number of ketones is 1. The Morgan fingerprint density at radius 3 is 2.30 bits per heavy atom. The third-order valence-electron chi connectivity index (χ3n) is 3.12. The molecule has 0 aromatic heterocycles. The van der Waals surface area contributed by atoms with Crippen molar-refractivity contribution in [2.24, 2.45) is 0 Å². The molecule has 0 heterocycles. The molecule has 0 saturated carbocycles. The first kappa shape index (κ1) is 14.5. The molecule has 0 saturated heterocycles. The minimum Gasteiger partial charge on any atom is -0.475 e. The van der Waals surface area contributed by atoms with Crippen LogP contribution in [0.3, 0.4) is 0 Å². The molecule has 102 valence electrons. The minimum atomic E-state index is -1.44. The highest BCUT2D eigenvalue weighted by atomic mass is 79.9. The van der Waals surface area contributed by atoms with Crippen molar-refractivity contribution in [1.29, 1.82) is 0 Å². The Morgan fingerprint density at radius 1 is 1.10 bits per heavy atom. The molecule has 1 N–H and O–H groups in total. The second kappa shape index (κ2) is 6.01. The molecule has 2 aromatic rings. The Bertz CT molecular complexity index is 663. The van der Waals surface area contributed by atoms with Gasteiger partial charge in [-0.05, 0) is 45.1 Å². The van der Waals surface area contributed by atoms with Gasteiger partial charge < -0.3 is 5.11 Å². The number of halogens is 1. The molecule has 0 bridgehead atoms. The summed E-state index contributed by atoms with van der Waals surface area (Å²) in [6, 6.07) is 13.2. The van der Waals surface area contributed by atoms with Crippen LogP contribution < -0.4 is 0 Å². The smallest absolute Gasteiger partial charge is 0.377 e. The van der Waals surface area contributed by atoms with E-state index in [4.69, 9.17) is 5.11 Å². The number of hydrogen-bond acceptors (Lipinski definition) is 2. The number of carbonyl (C=O) groups is 2. The number of carboxylic acids is 1. The average Bonchev–Trinajstić information content (AvgIpc) is 2.47. The van der Waals surface area contributed by atoms with E-state index < -0.39 is 11.8 Å². The fourth-order valence-corrected chi connectivity index (χ4v) is 2.95. The van der Waals surface area contributed by atoms with Gasteiger partial charge in [0.2, 0.25) is 0 Å². The van der Waals surface area contributed by atoms with Crippen molar-refractivity contribution < 1.29 is 14.7 Å². The second-order valence-corrected chi connectivity index (χ2v) is 5.10. The van der Waals surface area contributed by atoms with Crippen LogP contribution in [0.15, 0.2) is 46.9 Å². The zero-order valence-corrected chi connectivity index (χ0v) is 12.5. The Labute approximate surface area is 125 Å². The Kier molecular flexibility index (Phi) is 4.35. The zero-order valence-electron chi connectivity index (χ0n) is 10.9. The van der Waals surface area contributed by atoms with E-state index in [1.54, 1.807) is 12.1 Å². The van der Waals surface area contributed by atoms with E-state index in [0.29, 0.717) is 10.9 Å². The molecule has 3 nitrogen and oxygen atoms in total. The number of hydrogen-bond donors (Lipinski definition) is 1. The second-order valence-electron chi connectivity index (χ2n) is 4.31. The summed E-state index contributed by atoms with van der Waals surface area (Å²) >= 11 is 3.37. The average molecular weight is 333 g/mol. The van der Waals surface area contributed by atoms with Crippen LogP contribution in [0.4, 0.5) is 0 Å². The van der Waals surface area contributed by atoms with Crippen molar-refractivity contribution in [2.75, 3.05) is 0 Å². The van der Waals surface area contributed by atoms with Crippen LogP contribution in [0.2, 0.25) is 0 Å². The van der Waals surface area contributed by atoms with Gasteiger partial charge in [-0.3, -0.25) is 4.79 Å². The van der Waals surface area contributed by atoms with E-state index in [9.17, 15) is 9.59 Å². The zero-order chi connectivity index (χ0) is 14.7. The highest BCUT2D eigenvalue weighted by molar-refractivity contribution is 9.10. The summed E-state index contributed by atoms with van der Waals surface area (Å²) < 4.78 is 0.564. The molecule has 0 atom stereocenters. The maximum absolute atomic E-state index is 11.7. The van der Waals surface area contributed by atoms with Gasteiger partial charge in [-0.1, -0.05) is 43.3 Å². The lowest BCUT2D eigenvalue weighted by Gasteiger charge is -2.13. The van der Waals surface area contributed by atoms with Gasteiger partial charge in [-0.15, -0.1) is 0 Å². The largest absolute Gasteiger partial charge is 0.475 e.